The molecule has 226 valence electrons. The van der Waals surface area contributed by atoms with Crippen LogP contribution < -0.4 is 14.4 Å². The maximum Gasteiger partial charge on any atom is 0.264 e. The summed E-state index contributed by atoms with van der Waals surface area (Å²) < 4.78 is 34.3. The first-order valence-corrected chi connectivity index (χ1v) is 15.7. The largest absolute Gasteiger partial charge is 0.495 e. The third-order valence-electron chi connectivity index (χ3n) is 6.68. The molecular formula is C32H40ClN3O5S. The zero-order valence-corrected chi connectivity index (χ0v) is 26.6. The summed E-state index contributed by atoms with van der Waals surface area (Å²) in [5.74, 6) is -0.440. The number of anilines is 1. The van der Waals surface area contributed by atoms with Crippen molar-refractivity contribution in [1.29, 1.82) is 0 Å². The molecule has 0 aliphatic rings. The number of rotatable bonds is 12. The molecule has 0 aliphatic carbocycles. The normalized spacial score (nSPS) is 12.4. The number of methoxy groups -OCH3 is 1. The molecule has 0 heterocycles. The van der Waals surface area contributed by atoms with E-state index in [-0.39, 0.29) is 28.1 Å². The highest BCUT2D eigenvalue weighted by atomic mass is 35.5. The Bertz CT molecular complexity index is 1470. The summed E-state index contributed by atoms with van der Waals surface area (Å²) >= 11 is 6.39. The lowest BCUT2D eigenvalue weighted by Gasteiger charge is -2.34. The number of benzene rings is 3. The third kappa shape index (κ3) is 8.49. The minimum Gasteiger partial charge on any atom is -0.495 e. The van der Waals surface area contributed by atoms with Gasteiger partial charge in [0.05, 0.1) is 22.7 Å². The van der Waals surface area contributed by atoms with Crippen LogP contribution in [0.4, 0.5) is 5.69 Å². The van der Waals surface area contributed by atoms with Crippen molar-refractivity contribution in [2.45, 2.75) is 63.9 Å². The molecule has 0 bridgehead atoms. The van der Waals surface area contributed by atoms with Gasteiger partial charge in [0, 0.05) is 12.1 Å². The Morgan fingerprint density at radius 2 is 1.64 bits per heavy atom. The monoisotopic (exact) mass is 613 g/mol. The summed E-state index contributed by atoms with van der Waals surface area (Å²) in [7, 11) is -2.74. The van der Waals surface area contributed by atoms with Gasteiger partial charge in [-0.1, -0.05) is 66.6 Å². The van der Waals surface area contributed by atoms with Gasteiger partial charge < -0.3 is 15.0 Å². The van der Waals surface area contributed by atoms with Gasteiger partial charge in [-0.3, -0.25) is 13.9 Å². The summed E-state index contributed by atoms with van der Waals surface area (Å²) in [4.78, 5) is 29.1. The minimum absolute atomic E-state index is 0.0289. The summed E-state index contributed by atoms with van der Waals surface area (Å²) in [5.41, 5.74) is 1.57. The highest BCUT2D eigenvalue weighted by Crippen LogP contribution is 2.32. The predicted molar refractivity (Wildman–Crippen MR) is 168 cm³/mol. The Balaban J connectivity index is 2.06. The SMILES string of the molecule is CCC(C(=O)NC(C)(C)C)N(CCc1ccccc1)C(=O)CN(c1ccc(OC)c(Cl)c1)S(=O)(=O)c1ccc(C)cc1. The predicted octanol–water partition coefficient (Wildman–Crippen LogP) is 5.62. The van der Waals surface area contributed by atoms with Gasteiger partial charge >= 0.3 is 0 Å². The van der Waals surface area contributed by atoms with Crippen molar-refractivity contribution in [2.75, 3.05) is 24.5 Å². The van der Waals surface area contributed by atoms with Gasteiger partial charge in [0.2, 0.25) is 11.8 Å². The number of hydrogen-bond donors (Lipinski definition) is 1. The van der Waals surface area contributed by atoms with Gasteiger partial charge in [-0.15, -0.1) is 0 Å². The molecule has 0 radical (unpaired) electrons. The van der Waals surface area contributed by atoms with Gasteiger partial charge in [-0.05, 0) is 76.4 Å². The van der Waals surface area contributed by atoms with Crippen LogP contribution in [-0.2, 0) is 26.0 Å². The molecule has 0 saturated heterocycles. The summed E-state index contributed by atoms with van der Waals surface area (Å²) in [6.45, 7) is 9.00. The molecule has 3 aromatic rings. The number of aryl methyl sites for hydroxylation is 1. The number of sulfonamides is 1. The second-order valence-electron chi connectivity index (χ2n) is 11.1. The van der Waals surface area contributed by atoms with E-state index in [9.17, 15) is 18.0 Å². The van der Waals surface area contributed by atoms with Crippen LogP contribution in [0.2, 0.25) is 5.02 Å². The topological polar surface area (TPSA) is 96.0 Å². The number of hydrogen-bond acceptors (Lipinski definition) is 5. The molecule has 8 nitrogen and oxygen atoms in total. The Morgan fingerprint density at radius 1 is 1.00 bits per heavy atom. The second kappa shape index (κ2) is 14.1. The van der Waals surface area contributed by atoms with E-state index < -0.39 is 34.1 Å². The molecule has 0 aromatic heterocycles. The number of nitrogens with zero attached hydrogens (tertiary/aromatic N) is 2. The van der Waals surface area contributed by atoms with E-state index in [0.29, 0.717) is 18.6 Å². The highest BCUT2D eigenvalue weighted by molar-refractivity contribution is 7.92. The molecule has 1 unspecified atom stereocenters. The van der Waals surface area contributed by atoms with Crippen LogP contribution in [0.1, 0.15) is 45.2 Å². The van der Waals surface area contributed by atoms with E-state index in [1.54, 1.807) is 24.3 Å². The molecule has 42 heavy (non-hydrogen) atoms. The maximum atomic E-state index is 14.1. The van der Waals surface area contributed by atoms with Crippen LogP contribution >= 0.6 is 11.6 Å². The fourth-order valence-corrected chi connectivity index (χ4v) is 6.18. The van der Waals surface area contributed by atoms with Crippen LogP contribution in [0.3, 0.4) is 0 Å². The molecule has 0 saturated carbocycles. The Hall–Kier alpha value is -3.56. The van der Waals surface area contributed by atoms with Gasteiger partial charge in [0.25, 0.3) is 10.0 Å². The van der Waals surface area contributed by atoms with Crippen molar-refractivity contribution in [3.8, 4) is 5.75 Å². The standard InChI is InChI=1S/C32H40ClN3O5S/c1-7-28(31(38)34-32(3,4)5)35(20-19-24-11-9-8-10-12-24)30(37)22-36(25-15-18-29(41-6)27(33)21-25)42(39,40)26-16-13-23(2)14-17-26/h8-18,21,28H,7,19-20,22H2,1-6H3,(H,34,38). The lowest BCUT2D eigenvalue weighted by Crippen LogP contribution is -2.56. The van der Waals surface area contributed by atoms with Crippen LogP contribution in [0, 0.1) is 6.92 Å². The van der Waals surface area contributed by atoms with Crippen LogP contribution in [0.5, 0.6) is 5.75 Å². The quantitative estimate of drug-likeness (QED) is 0.286. The van der Waals surface area contributed by atoms with Crippen molar-refractivity contribution in [1.82, 2.24) is 10.2 Å². The van der Waals surface area contributed by atoms with Gasteiger partial charge in [0.15, 0.2) is 0 Å². The number of carbonyl (C=O) groups excluding carboxylic acids is 2. The van der Waals surface area contributed by atoms with E-state index in [1.165, 1.54) is 30.2 Å². The molecule has 0 aliphatic heterocycles. The molecule has 1 N–H and O–H groups in total. The van der Waals surface area contributed by atoms with Crippen molar-refractivity contribution in [3.63, 3.8) is 0 Å². The smallest absolute Gasteiger partial charge is 0.264 e. The van der Waals surface area contributed by atoms with E-state index in [0.717, 1.165) is 15.4 Å². The lowest BCUT2D eigenvalue weighted by atomic mass is 10.1. The first kappa shape index (κ1) is 32.9. The average molecular weight is 614 g/mol. The van der Waals surface area contributed by atoms with Crippen LogP contribution in [0.25, 0.3) is 0 Å². The van der Waals surface area contributed by atoms with Gasteiger partial charge in [-0.25, -0.2) is 8.42 Å². The van der Waals surface area contributed by atoms with Crippen LogP contribution in [0.15, 0.2) is 77.7 Å². The Labute approximate surface area is 254 Å². The minimum atomic E-state index is -4.20. The van der Waals surface area contributed by atoms with E-state index in [4.69, 9.17) is 16.3 Å². The number of amides is 2. The van der Waals surface area contributed by atoms with Crippen molar-refractivity contribution < 1.29 is 22.7 Å². The summed E-state index contributed by atoms with van der Waals surface area (Å²) in [6.07, 6.45) is 0.840. The highest BCUT2D eigenvalue weighted by Gasteiger charge is 2.34. The molecule has 0 spiro atoms. The Morgan fingerprint density at radius 3 is 2.19 bits per heavy atom. The molecule has 2 amide bonds. The average Bonchev–Trinajstić information content (AvgIpc) is 2.93. The number of carbonyl (C=O) groups is 2. The molecular weight excluding hydrogens is 574 g/mol. The molecule has 1 atom stereocenters. The fraction of sp³-hybridized carbons (Fsp3) is 0.375. The zero-order valence-electron chi connectivity index (χ0n) is 25.1. The summed E-state index contributed by atoms with van der Waals surface area (Å²) in [5, 5.41) is 3.17. The first-order valence-electron chi connectivity index (χ1n) is 13.8. The molecule has 0 fully saturated rings. The van der Waals surface area contributed by atoms with Crippen molar-refractivity contribution in [2.24, 2.45) is 0 Å². The second-order valence-corrected chi connectivity index (χ2v) is 13.4. The van der Waals surface area contributed by atoms with Gasteiger partial charge in [0.1, 0.15) is 18.3 Å². The fourth-order valence-electron chi connectivity index (χ4n) is 4.53. The van der Waals surface area contributed by atoms with Crippen molar-refractivity contribution in [3.05, 3.63) is 88.9 Å². The molecule has 10 heteroatoms. The zero-order chi connectivity index (χ0) is 31.1. The molecule has 3 aromatic carbocycles. The van der Waals surface area contributed by atoms with E-state index >= 15 is 0 Å². The lowest BCUT2D eigenvalue weighted by molar-refractivity contribution is -0.140. The number of ether oxygens (including phenoxy) is 1. The Kier molecular flexibility index (Phi) is 11.0. The third-order valence-corrected chi connectivity index (χ3v) is 8.76. The van der Waals surface area contributed by atoms with E-state index in [1.807, 2.05) is 65.0 Å². The molecule has 3 rings (SSSR count). The van der Waals surface area contributed by atoms with Crippen LogP contribution in [-0.4, -0.2) is 56.9 Å². The maximum absolute atomic E-state index is 14.1. The number of halogens is 1. The number of nitrogens with one attached hydrogen (secondary N) is 1. The van der Waals surface area contributed by atoms with Gasteiger partial charge in [-0.2, -0.15) is 0 Å². The summed E-state index contributed by atoms with van der Waals surface area (Å²) in [6, 6.07) is 19.8. The van der Waals surface area contributed by atoms with Crippen molar-refractivity contribution >= 4 is 39.1 Å². The van der Waals surface area contributed by atoms with E-state index in [2.05, 4.69) is 5.32 Å². The first-order chi connectivity index (χ1) is 19.8.